The summed E-state index contributed by atoms with van der Waals surface area (Å²) in [5.41, 5.74) is -0.520. The Morgan fingerprint density at radius 1 is 1.15 bits per heavy atom. The number of aliphatic carboxylic acids is 1. The third-order valence-electron chi connectivity index (χ3n) is 4.88. The summed E-state index contributed by atoms with van der Waals surface area (Å²) < 4.78 is 13.4. The zero-order chi connectivity index (χ0) is 19.6. The van der Waals surface area contributed by atoms with Crippen LogP contribution in [0.5, 0.6) is 0 Å². The molecular formula is C20H23FN2O3S. The predicted molar refractivity (Wildman–Crippen MR) is 103 cm³/mol. The summed E-state index contributed by atoms with van der Waals surface area (Å²) in [5, 5.41) is 9.22. The molecule has 1 N–H and O–H groups in total. The van der Waals surface area contributed by atoms with Gasteiger partial charge < -0.3 is 10.0 Å². The van der Waals surface area contributed by atoms with Crippen molar-refractivity contribution in [3.05, 3.63) is 47.1 Å². The maximum absolute atomic E-state index is 13.4. The first-order valence-electron chi connectivity index (χ1n) is 8.87. The Labute approximate surface area is 162 Å². The maximum Gasteiger partial charge on any atom is 0.318 e. The minimum absolute atomic E-state index is 0.243. The van der Waals surface area contributed by atoms with Crippen molar-refractivity contribution in [2.45, 2.75) is 20.4 Å². The lowest BCUT2D eigenvalue weighted by atomic mass is 9.91. The van der Waals surface area contributed by atoms with Crippen molar-refractivity contribution in [2.24, 2.45) is 5.41 Å². The standard InChI is InChI=1S/C20H23FN2O3S/c1-20(2,19(25)26)18(24)23-10-8-22(9-11-23)13-16-6-7-17(27-16)14-4-3-5-15(21)12-14/h3-7,12H,8-11,13H2,1-2H3,(H,25,26). The number of carbonyl (C=O) groups excluding carboxylic acids is 1. The van der Waals surface area contributed by atoms with Gasteiger partial charge in [-0.05, 0) is 43.7 Å². The van der Waals surface area contributed by atoms with Crippen molar-refractivity contribution in [3.8, 4) is 10.4 Å². The lowest BCUT2D eigenvalue weighted by molar-refractivity contribution is -0.159. The van der Waals surface area contributed by atoms with E-state index in [0.29, 0.717) is 26.2 Å². The second kappa shape index (κ2) is 7.78. The molecule has 1 aromatic heterocycles. The number of nitrogens with zero attached hydrogens (tertiary/aromatic N) is 2. The third-order valence-corrected chi connectivity index (χ3v) is 6.00. The fourth-order valence-electron chi connectivity index (χ4n) is 3.08. The molecule has 1 aromatic carbocycles. The molecule has 7 heteroatoms. The predicted octanol–water partition coefficient (Wildman–Crippen LogP) is 3.31. The van der Waals surface area contributed by atoms with Crippen LogP contribution in [-0.4, -0.2) is 53.0 Å². The Morgan fingerprint density at radius 2 is 1.85 bits per heavy atom. The van der Waals surface area contributed by atoms with Crippen LogP contribution in [0.3, 0.4) is 0 Å². The molecule has 1 aliphatic rings. The summed E-state index contributed by atoms with van der Waals surface area (Å²) in [5.74, 6) is -1.68. The number of benzene rings is 1. The zero-order valence-electron chi connectivity index (χ0n) is 15.4. The molecule has 5 nitrogen and oxygen atoms in total. The average molecular weight is 390 g/mol. The molecule has 0 atom stereocenters. The number of hydrogen-bond acceptors (Lipinski definition) is 4. The van der Waals surface area contributed by atoms with Gasteiger partial charge in [-0.25, -0.2) is 4.39 Å². The zero-order valence-corrected chi connectivity index (χ0v) is 16.3. The lowest BCUT2D eigenvalue weighted by Gasteiger charge is -2.37. The van der Waals surface area contributed by atoms with Gasteiger partial charge in [0.1, 0.15) is 11.2 Å². The summed E-state index contributed by atoms with van der Waals surface area (Å²) in [6.45, 7) is 6.12. The highest BCUT2D eigenvalue weighted by molar-refractivity contribution is 7.15. The Morgan fingerprint density at radius 3 is 2.48 bits per heavy atom. The number of thiophene rings is 1. The molecule has 1 fully saturated rings. The minimum atomic E-state index is -1.39. The van der Waals surface area contributed by atoms with Gasteiger partial charge in [0.05, 0.1) is 0 Å². The number of carboxylic acid groups (broad SMARTS) is 1. The first-order valence-corrected chi connectivity index (χ1v) is 9.69. The second-order valence-corrected chi connectivity index (χ2v) is 8.44. The smallest absolute Gasteiger partial charge is 0.318 e. The van der Waals surface area contributed by atoms with E-state index in [0.717, 1.165) is 17.0 Å². The molecule has 0 spiro atoms. The van der Waals surface area contributed by atoms with E-state index in [-0.39, 0.29) is 11.7 Å². The van der Waals surface area contributed by atoms with Crippen molar-refractivity contribution < 1.29 is 19.1 Å². The number of piperazine rings is 1. The van der Waals surface area contributed by atoms with Gasteiger partial charge in [0, 0.05) is 42.5 Å². The SMILES string of the molecule is CC(C)(C(=O)O)C(=O)N1CCN(Cc2ccc(-c3cccc(F)c3)s2)CC1. The monoisotopic (exact) mass is 390 g/mol. The molecule has 3 rings (SSSR count). The van der Waals surface area contributed by atoms with Crippen molar-refractivity contribution in [1.29, 1.82) is 0 Å². The van der Waals surface area contributed by atoms with Gasteiger partial charge in [0.15, 0.2) is 0 Å². The fraction of sp³-hybridized carbons (Fsp3) is 0.400. The van der Waals surface area contributed by atoms with E-state index in [1.165, 1.54) is 30.9 Å². The molecule has 1 saturated heterocycles. The van der Waals surface area contributed by atoms with Crippen LogP contribution in [0.25, 0.3) is 10.4 Å². The third kappa shape index (κ3) is 4.36. The van der Waals surface area contributed by atoms with E-state index in [1.807, 2.05) is 12.1 Å². The van der Waals surface area contributed by atoms with E-state index in [2.05, 4.69) is 11.0 Å². The van der Waals surface area contributed by atoms with E-state index in [1.54, 1.807) is 22.3 Å². The van der Waals surface area contributed by atoms with Crippen molar-refractivity contribution >= 4 is 23.2 Å². The van der Waals surface area contributed by atoms with Crippen LogP contribution >= 0.6 is 11.3 Å². The second-order valence-electron chi connectivity index (χ2n) is 7.27. The average Bonchev–Trinajstić information content (AvgIpc) is 3.10. The molecule has 1 aliphatic heterocycles. The normalized spacial score (nSPS) is 15.7. The van der Waals surface area contributed by atoms with Crippen molar-refractivity contribution in [1.82, 2.24) is 9.80 Å². The lowest BCUT2D eigenvalue weighted by Crippen LogP contribution is -2.53. The number of hydrogen-bond donors (Lipinski definition) is 1. The Balaban J connectivity index is 1.57. The first kappa shape index (κ1) is 19.5. The molecule has 1 amide bonds. The van der Waals surface area contributed by atoms with E-state index < -0.39 is 11.4 Å². The molecule has 0 unspecified atom stereocenters. The summed E-state index contributed by atoms with van der Waals surface area (Å²) >= 11 is 1.64. The highest BCUT2D eigenvalue weighted by atomic mass is 32.1. The Hall–Kier alpha value is -2.25. The molecule has 2 heterocycles. The number of amides is 1. The van der Waals surface area contributed by atoms with Crippen LogP contribution in [0.4, 0.5) is 4.39 Å². The van der Waals surface area contributed by atoms with Crippen LogP contribution in [0, 0.1) is 11.2 Å². The molecule has 0 aliphatic carbocycles. The van der Waals surface area contributed by atoms with Gasteiger partial charge in [0.2, 0.25) is 5.91 Å². The van der Waals surface area contributed by atoms with Gasteiger partial charge in [0.25, 0.3) is 0 Å². The van der Waals surface area contributed by atoms with E-state index >= 15 is 0 Å². The molecule has 0 saturated carbocycles. The number of halogens is 1. The van der Waals surface area contributed by atoms with Gasteiger partial charge in [-0.2, -0.15) is 0 Å². The highest BCUT2D eigenvalue weighted by Gasteiger charge is 2.40. The van der Waals surface area contributed by atoms with Crippen molar-refractivity contribution in [3.63, 3.8) is 0 Å². The highest BCUT2D eigenvalue weighted by Crippen LogP contribution is 2.29. The molecule has 27 heavy (non-hydrogen) atoms. The quantitative estimate of drug-likeness (QED) is 0.796. The summed E-state index contributed by atoms with van der Waals surface area (Å²) in [6, 6.07) is 10.6. The van der Waals surface area contributed by atoms with Gasteiger partial charge in [-0.15, -0.1) is 11.3 Å². The number of carbonyl (C=O) groups is 2. The van der Waals surface area contributed by atoms with Gasteiger partial charge in [-0.1, -0.05) is 12.1 Å². The summed E-state index contributed by atoms with van der Waals surface area (Å²) in [7, 11) is 0. The van der Waals surface area contributed by atoms with Gasteiger partial charge in [-0.3, -0.25) is 14.5 Å². The number of carboxylic acids is 1. The molecule has 0 radical (unpaired) electrons. The first-order chi connectivity index (χ1) is 12.8. The maximum atomic E-state index is 13.4. The topological polar surface area (TPSA) is 60.9 Å². The van der Waals surface area contributed by atoms with Crippen LogP contribution in [0.1, 0.15) is 18.7 Å². The molecular weight excluding hydrogens is 367 g/mol. The summed E-state index contributed by atoms with van der Waals surface area (Å²) in [4.78, 5) is 29.8. The largest absolute Gasteiger partial charge is 0.480 e. The Bertz CT molecular complexity index is 841. The molecule has 0 bridgehead atoms. The molecule has 144 valence electrons. The van der Waals surface area contributed by atoms with Gasteiger partial charge >= 0.3 is 5.97 Å². The fourth-order valence-corrected chi connectivity index (χ4v) is 4.12. The van der Waals surface area contributed by atoms with Crippen LogP contribution < -0.4 is 0 Å². The van der Waals surface area contributed by atoms with E-state index in [9.17, 15) is 19.1 Å². The number of rotatable bonds is 5. The minimum Gasteiger partial charge on any atom is -0.480 e. The van der Waals surface area contributed by atoms with Crippen LogP contribution in [0.15, 0.2) is 36.4 Å². The van der Waals surface area contributed by atoms with Crippen molar-refractivity contribution in [2.75, 3.05) is 26.2 Å². The van der Waals surface area contributed by atoms with E-state index in [4.69, 9.17) is 0 Å². The Kier molecular flexibility index (Phi) is 5.62. The molecule has 2 aromatic rings. The van der Waals surface area contributed by atoms with Crippen LogP contribution in [-0.2, 0) is 16.1 Å². The van der Waals surface area contributed by atoms with Crippen LogP contribution in [0.2, 0.25) is 0 Å². The summed E-state index contributed by atoms with van der Waals surface area (Å²) in [6.07, 6.45) is 0.